The molecule has 5 nitrogen and oxygen atoms in total. The fourth-order valence-corrected chi connectivity index (χ4v) is 3.17. The first-order valence-corrected chi connectivity index (χ1v) is 8.30. The summed E-state index contributed by atoms with van der Waals surface area (Å²) in [6, 6.07) is 11.4. The van der Waals surface area contributed by atoms with Gasteiger partial charge in [-0.1, -0.05) is 31.3 Å². The molecule has 23 heavy (non-hydrogen) atoms. The highest BCUT2D eigenvalue weighted by molar-refractivity contribution is 7.15. The standard InChI is InChI=1S/C17H18N4OS/c1-12(2)10-15-19-20-17(23-15)18-16(22)13-6-5-7-14(11-13)21-8-3-4-9-21/h3-9,11-12H,10H2,1-2H3,(H,18,20,22). The number of benzene rings is 1. The Kier molecular flexibility index (Phi) is 4.52. The largest absolute Gasteiger partial charge is 0.324 e. The first-order valence-electron chi connectivity index (χ1n) is 7.49. The number of hydrogen-bond acceptors (Lipinski definition) is 4. The molecule has 1 amide bonds. The second kappa shape index (κ2) is 6.75. The predicted molar refractivity (Wildman–Crippen MR) is 92.2 cm³/mol. The van der Waals surface area contributed by atoms with Crippen LogP contribution in [0.15, 0.2) is 48.8 Å². The Morgan fingerprint density at radius 1 is 1.22 bits per heavy atom. The van der Waals surface area contributed by atoms with Gasteiger partial charge in [-0.15, -0.1) is 10.2 Å². The predicted octanol–water partition coefficient (Wildman–Crippen LogP) is 3.78. The van der Waals surface area contributed by atoms with E-state index in [1.54, 1.807) is 6.07 Å². The molecule has 0 aliphatic rings. The van der Waals surface area contributed by atoms with E-state index < -0.39 is 0 Å². The van der Waals surface area contributed by atoms with Gasteiger partial charge < -0.3 is 4.57 Å². The first kappa shape index (κ1) is 15.4. The highest BCUT2D eigenvalue weighted by atomic mass is 32.1. The van der Waals surface area contributed by atoms with Crippen LogP contribution in [0.1, 0.15) is 29.2 Å². The van der Waals surface area contributed by atoms with Gasteiger partial charge in [-0.25, -0.2) is 0 Å². The van der Waals surface area contributed by atoms with Crippen LogP contribution in [-0.4, -0.2) is 20.7 Å². The number of rotatable bonds is 5. The van der Waals surface area contributed by atoms with Gasteiger partial charge in [0.05, 0.1) is 0 Å². The number of nitrogens with zero attached hydrogens (tertiary/aromatic N) is 3. The van der Waals surface area contributed by atoms with Crippen molar-refractivity contribution in [1.82, 2.24) is 14.8 Å². The van der Waals surface area contributed by atoms with E-state index in [9.17, 15) is 4.79 Å². The quantitative estimate of drug-likeness (QED) is 0.776. The maximum absolute atomic E-state index is 12.4. The zero-order valence-electron chi connectivity index (χ0n) is 13.1. The molecule has 0 atom stereocenters. The van der Waals surface area contributed by atoms with Gasteiger partial charge >= 0.3 is 0 Å². The van der Waals surface area contributed by atoms with Gasteiger partial charge in [0.25, 0.3) is 5.91 Å². The lowest BCUT2D eigenvalue weighted by Gasteiger charge is -2.06. The van der Waals surface area contributed by atoms with Gasteiger partial charge in [0, 0.05) is 30.1 Å². The van der Waals surface area contributed by atoms with Gasteiger partial charge in [-0.2, -0.15) is 0 Å². The van der Waals surface area contributed by atoms with Crippen molar-refractivity contribution < 1.29 is 4.79 Å². The van der Waals surface area contributed by atoms with E-state index in [0.717, 1.165) is 17.1 Å². The Morgan fingerprint density at radius 3 is 2.74 bits per heavy atom. The minimum Gasteiger partial charge on any atom is -0.324 e. The minimum atomic E-state index is -0.175. The van der Waals surface area contributed by atoms with E-state index in [4.69, 9.17) is 0 Å². The Morgan fingerprint density at radius 2 is 2.00 bits per heavy atom. The third kappa shape index (κ3) is 3.84. The molecule has 1 N–H and O–H groups in total. The molecule has 0 radical (unpaired) electrons. The molecule has 0 saturated carbocycles. The Bertz CT molecular complexity index is 793. The van der Waals surface area contributed by atoms with E-state index in [1.807, 2.05) is 47.3 Å². The number of anilines is 1. The molecule has 118 valence electrons. The van der Waals surface area contributed by atoms with Crippen LogP contribution >= 0.6 is 11.3 Å². The van der Waals surface area contributed by atoms with Crippen LogP contribution in [0.25, 0.3) is 5.69 Å². The maximum atomic E-state index is 12.4. The summed E-state index contributed by atoms with van der Waals surface area (Å²) in [5.74, 6) is 0.344. The molecule has 0 saturated heterocycles. The molecule has 0 fully saturated rings. The number of nitrogens with one attached hydrogen (secondary N) is 1. The Balaban J connectivity index is 1.73. The van der Waals surface area contributed by atoms with E-state index in [0.29, 0.717) is 16.6 Å². The number of hydrogen-bond donors (Lipinski definition) is 1. The lowest BCUT2D eigenvalue weighted by Crippen LogP contribution is -2.12. The fourth-order valence-electron chi connectivity index (χ4n) is 2.22. The van der Waals surface area contributed by atoms with Crippen LogP contribution in [0.4, 0.5) is 5.13 Å². The van der Waals surface area contributed by atoms with Crippen LogP contribution in [0.3, 0.4) is 0 Å². The van der Waals surface area contributed by atoms with Crippen molar-refractivity contribution in [2.24, 2.45) is 5.92 Å². The Labute approximate surface area is 139 Å². The molecule has 1 aromatic carbocycles. The van der Waals surface area contributed by atoms with Crippen molar-refractivity contribution >= 4 is 22.4 Å². The average Bonchev–Trinajstić information content (AvgIpc) is 3.19. The molecule has 3 aromatic rings. The molecular formula is C17H18N4OS. The normalized spacial score (nSPS) is 10.9. The molecule has 0 unspecified atom stereocenters. The summed E-state index contributed by atoms with van der Waals surface area (Å²) in [5, 5.41) is 12.5. The number of amides is 1. The molecule has 3 rings (SSSR count). The van der Waals surface area contributed by atoms with E-state index in [1.165, 1.54) is 11.3 Å². The second-order valence-electron chi connectivity index (χ2n) is 5.69. The number of carbonyl (C=O) groups is 1. The monoisotopic (exact) mass is 326 g/mol. The summed E-state index contributed by atoms with van der Waals surface area (Å²) >= 11 is 1.43. The molecule has 2 aromatic heterocycles. The molecule has 0 aliphatic heterocycles. The van der Waals surface area contributed by atoms with Gasteiger partial charge in [-0.05, 0) is 36.2 Å². The Hall–Kier alpha value is -2.47. The summed E-state index contributed by atoms with van der Waals surface area (Å²) in [5.41, 5.74) is 1.54. The van der Waals surface area contributed by atoms with E-state index >= 15 is 0 Å². The van der Waals surface area contributed by atoms with Gasteiger partial charge in [-0.3, -0.25) is 10.1 Å². The smallest absolute Gasteiger partial charge is 0.257 e. The van der Waals surface area contributed by atoms with Crippen LogP contribution < -0.4 is 5.32 Å². The van der Waals surface area contributed by atoms with Crippen molar-refractivity contribution in [1.29, 1.82) is 0 Å². The topological polar surface area (TPSA) is 59.8 Å². The van der Waals surface area contributed by atoms with E-state index in [-0.39, 0.29) is 5.91 Å². The van der Waals surface area contributed by atoms with Crippen molar-refractivity contribution in [2.75, 3.05) is 5.32 Å². The van der Waals surface area contributed by atoms with E-state index in [2.05, 4.69) is 29.4 Å². The summed E-state index contributed by atoms with van der Waals surface area (Å²) < 4.78 is 1.96. The second-order valence-corrected chi connectivity index (χ2v) is 6.76. The molecule has 6 heteroatoms. The minimum absolute atomic E-state index is 0.175. The van der Waals surface area contributed by atoms with Crippen LogP contribution in [0.2, 0.25) is 0 Å². The van der Waals surface area contributed by atoms with Crippen LogP contribution in [0, 0.1) is 5.92 Å². The molecule has 0 spiro atoms. The molecule has 0 bridgehead atoms. The van der Waals surface area contributed by atoms with Gasteiger partial charge in [0.15, 0.2) is 0 Å². The van der Waals surface area contributed by atoms with Gasteiger partial charge in [0.2, 0.25) is 5.13 Å². The summed E-state index contributed by atoms with van der Waals surface area (Å²) in [6.45, 7) is 4.26. The third-order valence-corrected chi connectivity index (χ3v) is 4.14. The average molecular weight is 326 g/mol. The fraction of sp³-hybridized carbons (Fsp3) is 0.235. The molecule has 0 aliphatic carbocycles. The van der Waals surface area contributed by atoms with Crippen molar-refractivity contribution in [2.45, 2.75) is 20.3 Å². The molecular weight excluding hydrogens is 308 g/mol. The lowest BCUT2D eigenvalue weighted by atomic mass is 10.1. The van der Waals surface area contributed by atoms with Crippen LogP contribution in [0.5, 0.6) is 0 Å². The van der Waals surface area contributed by atoms with Crippen LogP contribution in [-0.2, 0) is 6.42 Å². The zero-order chi connectivity index (χ0) is 16.2. The van der Waals surface area contributed by atoms with Crippen molar-refractivity contribution in [3.8, 4) is 5.69 Å². The highest BCUT2D eigenvalue weighted by Crippen LogP contribution is 2.19. The first-order chi connectivity index (χ1) is 11.1. The third-order valence-electron chi connectivity index (χ3n) is 3.28. The highest BCUT2D eigenvalue weighted by Gasteiger charge is 2.11. The zero-order valence-corrected chi connectivity index (χ0v) is 13.9. The van der Waals surface area contributed by atoms with Gasteiger partial charge in [0.1, 0.15) is 5.01 Å². The summed E-state index contributed by atoms with van der Waals surface area (Å²) in [6.07, 6.45) is 4.76. The van der Waals surface area contributed by atoms with Crippen molar-refractivity contribution in [3.05, 3.63) is 59.4 Å². The summed E-state index contributed by atoms with van der Waals surface area (Å²) in [7, 11) is 0. The maximum Gasteiger partial charge on any atom is 0.257 e. The SMILES string of the molecule is CC(C)Cc1nnc(NC(=O)c2cccc(-n3cccc3)c2)s1. The summed E-state index contributed by atoms with van der Waals surface area (Å²) in [4.78, 5) is 12.4. The lowest BCUT2D eigenvalue weighted by molar-refractivity contribution is 0.102. The number of carbonyl (C=O) groups excluding carboxylic acids is 1. The van der Waals surface area contributed by atoms with Crippen molar-refractivity contribution in [3.63, 3.8) is 0 Å². The number of aromatic nitrogens is 3. The molecule has 2 heterocycles.